The Labute approximate surface area is 214 Å². The monoisotopic (exact) mass is 532 g/mol. The number of nitriles is 1. The van der Waals surface area contributed by atoms with Crippen LogP contribution in [0.25, 0.3) is 10.9 Å². The quantitative estimate of drug-likeness (QED) is 0.372. The molecule has 1 aromatic carbocycles. The van der Waals surface area contributed by atoms with Gasteiger partial charge in [0.05, 0.1) is 42.4 Å². The summed E-state index contributed by atoms with van der Waals surface area (Å²) in [5.41, 5.74) is -1.70. The molecule has 1 atom stereocenters. The number of methoxy groups -OCH3 is 1. The highest BCUT2D eigenvalue weighted by Gasteiger charge is 2.33. The minimum atomic E-state index is -4.80. The molecule has 1 saturated heterocycles. The number of aryl methyl sites for hydroxylation is 1. The minimum Gasteiger partial charge on any atom is -0.480 e. The summed E-state index contributed by atoms with van der Waals surface area (Å²) >= 11 is 0. The molecular formula is C24H23F3N6O5. The Morgan fingerprint density at radius 3 is 2.53 bits per heavy atom. The van der Waals surface area contributed by atoms with Crippen molar-refractivity contribution in [2.24, 2.45) is 7.05 Å². The molecule has 0 saturated carbocycles. The van der Waals surface area contributed by atoms with Crippen molar-refractivity contribution in [2.75, 3.05) is 43.6 Å². The lowest BCUT2D eigenvalue weighted by Crippen LogP contribution is -2.40. The largest absolute Gasteiger partial charge is 0.480 e. The summed E-state index contributed by atoms with van der Waals surface area (Å²) in [5.74, 6) is 0.0207. The average molecular weight is 532 g/mol. The smallest absolute Gasteiger partial charge is 0.416 e. The van der Waals surface area contributed by atoms with Gasteiger partial charge in [-0.15, -0.1) is 0 Å². The van der Waals surface area contributed by atoms with E-state index in [1.54, 1.807) is 6.07 Å². The zero-order chi connectivity index (χ0) is 27.8. The Hall–Kier alpha value is -4.38. The van der Waals surface area contributed by atoms with E-state index < -0.39 is 28.4 Å². The van der Waals surface area contributed by atoms with Crippen LogP contribution < -0.4 is 20.5 Å². The summed E-state index contributed by atoms with van der Waals surface area (Å²) in [6, 6.07) is 5.02. The molecule has 200 valence electrons. The van der Waals surface area contributed by atoms with Crippen molar-refractivity contribution in [3.63, 3.8) is 0 Å². The van der Waals surface area contributed by atoms with Crippen LogP contribution in [0.2, 0.25) is 0 Å². The van der Waals surface area contributed by atoms with Crippen LogP contribution in [0.15, 0.2) is 29.1 Å². The first-order chi connectivity index (χ1) is 18.0. The van der Waals surface area contributed by atoms with Crippen molar-refractivity contribution in [2.45, 2.75) is 19.1 Å². The SMILES string of the molecule is COc1nc(N[C@H](C)c2cc([N+](=O)[O-])cc(C(F)(F)F)c2)c2cc(N3CCOCC3)c(=O)n(C)c2c1C#N. The van der Waals surface area contributed by atoms with Gasteiger partial charge < -0.3 is 24.3 Å². The number of pyridine rings is 2. The highest BCUT2D eigenvalue weighted by atomic mass is 19.4. The number of ether oxygens (including phenoxy) is 2. The summed E-state index contributed by atoms with van der Waals surface area (Å²) in [4.78, 5) is 29.9. The normalized spacial score (nSPS) is 14.7. The summed E-state index contributed by atoms with van der Waals surface area (Å²) in [7, 11) is 2.79. The Balaban J connectivity index is 1.90. The second-order valence-corrected chi connectivity index (χ2v) is 8.65. The number of nitro groups is 1. The van der Waals surface area contributed by atoms with E-state index in [-0.39, 0.29) is 33.9 Å². The van der Waals surface area contributed by atoms with Gasteiger partial charge in [0.1, 0.15) is 23.1 Å². The number of aromatic nitrogens is 2. The third kappa shape index (κ3) is 4.92. The Morgan fingerprint density at radius 2 is 1.95 bits per heavy atom. The Bertz CT molecular complexity index is 1510. The van der Waals surface area contributed by atoms with Crippen LogP contribution >= 0.6 is 0 Å². The van der Waals surface area contributed by atoms with Gasteiger partial charge in [-0.25, -0.2) is 0 Å². The number of hydrogen-bond donors (Lipinski definition) is 1. The Kier molecular flexibility index (Phi) is 7.14. The summed E-state index contributed by atoms with van der Waals surface area (Å²) < 4.78 is 52.3. The molecule has 0 radical (unpaired) electrons. The molecule has 1 aliphatic rings. The van der Waals surface area contributed by atoms with Crippen molar-refractivity contribution < 1.29 is 27.6 Å². The molecule has 0 amide bonds. The average Bonchev–Trinajstić information content (AvgIpc) is 2.90. The maximum Gasteiger partial charge on any atom is 0.416 e. The number of nitro benzene ring substituents is 1. The van der Waals surface area contributed by atoms with E-state index in [0.29, 0.717) is 43.4 Å². The zero-order valence-electron chi connectivity index (χ0n) is 20.6. The molecule has 0 aliphatic carbocycles. The number of anilines is 2. The van der Waals surface area contributed by atoms with Crippen molar-refractivity contribution in [1.82, 2.24) is 9.55 Å². The number of non-ortho nitro benzene ring substituents is 1. The predicted octanol–water partition coefficient (Wildman–Crippen LogP) is 3.75. The molecule has 0 bridgehead atoms. The molecule has 1 aliphatic heterocycles. The maximum atomic E-state index is 13.4. The number of nitrogens with one attached hydrogen (secondary N) is 1. The first-order valence-electron chi connectivity index (χ1n) is 11.4. The predicted molar refractivity (Wildman–Crippen MR) is 131 cm³/mol. The molecule has 1 N–H and O–H groups in total. The molecule has 0 unspecified atom stereocenters. The molecule has 38 heavy (non-hydrogen) atoms. The summed E-state index contributed by atoms with van der Waals surface area (Å²) in [5, 5.41) is 24.5. The topological polar surface area (TPSA) is 136 Å². The van der Waals surface area contributed by atoms with Gasteiger partial charge in [-0.2, -0.15) is 23.4 Å². The fourth-order valence-corrected chi connectivity index (χ4v) is 4.35. The molecule has 3 heterocycles. The van der Waals surface area contributed by atoms with Gasteiger partial charge in [0.25, 0.3) is 11.2 Å². The van der Waals surface area contributed by atoms with E-state index in [2.05, 4.69) is 10.3 Å². The van der Waals surface area contributed by atoms with Gasteiger partial charge in [-0.1, -0.05) is 0 Å². The number of rotatable bonds is 6. The van der Waals surface area contributed by atoms with E-state index in [1.165, 1.54) is 25.6 Å². The van der Waals surface area contributed by atoms with E-state index in [9.17, 15) is 33.3 Å². The molecule has 11 nitrogen and oxygen atoms in total. The zero-order valence-corrected chi connectivity index (χ0v) is 20.6. The lowest BCUT2D eigenvalue weighted by Gasteiger charge is -2.29. The maximum absolute atomic E-state index is 13.4. The second-order valence-electron chi connectivity index (χ2n) is 8.65. The van der Waals surface area contributed by atoms with E-state index in [0.717, 1.165) is 12.1 Å². The van der Waals surface area contributed by atoms with Crippen molar-refractivity contribution in [1.29, 1.82) is 5.26 Å². The molecular weight excluding hydrogens is 509 g/mol. The number of fused-ring (bicyclic) bond motifs is 1. The van der Waals surface area contributed by atoms with Crippen LogP contribution in [0.5, 0.6) is 5.88 Å². The molecule has 1 fully saturated rings. The van der Waals surface area contributed by atoms with E-state index in [4.69, 9.17) is 9.47 Å². The minimum absolute atomic E-state index is 0.00328. The Morgan fingerprint density at radius 1 is 1.26 bits per heavy atom. The lowest BCUT2D eigenvalue weighted by atomic mass is 10.0. The van der Waals surface area contributed by atoms with Crippen LogP contribution in [0.3, 0.4) is 0 Å². The van der Waals surface area contributed by atoms with Crippen LogP contribution in [0, 0.1) is 21.4 Å². The van der Waals surface area contributed by atoms with Crippen LogP contribution in [0.4, 0.5) is 30.4 Å². The first-order valence-corrected chi connectivity index (χ1v) is 11.4. The number of halogens is 3. The van der Waals surface area contributed by atoms with Gasteiger partial charge in [-0.3, -0.25) is 14.9 Å². The number of benzene rings is 1. The fraction of sp³-hybridized carbons (Fsp3) is 0.375. The van der Waals surface area contributed by atoms with E-state index >= 15 is 0 Å². The fourth-order valence-electron chi connectivity index (χ4n) is 4.35. The first kappa shape index (κ1) is 26.7. The van der Waals surface area contributed by atoms with Crippen molar-refractivity contribution in [3.8, 4) is 11.9 Å². The molecule has 4 rings (SSSR count). The van der Waals surface area contributed by atoms with E-state index in [1.807, 2.05) is 11.0 Å². The van der Waals surface area contributed by atoms with Gasteiger partial charge in [-0.05, 0) is 24.6 Å². The van der Waals surface area contributed by atoms with Gasteiger partial charge in [0.2, 0.25) is 5.88 Å². The summed E-state index contributed by atoms with van der Waals surface area (Å²) in [6.45, 7) is 3.28. The van der Waals surface area contributed by atoms with Crippen LogP contribution in [-0.2, 0) is 18.0 Å². The summed E-state index contributed by atoms with van der Waals surface area (Å²) in [6.07, 6.45) is -4.80. The van der Waals surface area contributed by atoms with Crippen molar-refractivity contribution in [3.05, 3.63) is 61.4 Å². The standard InChI is InChI=1S/C24H23F3N6O5/c1-13(14-8-15(24(25,26)27)10-16(9-14)33(35)36)29-21-17-11-19(32-4-6-38-7-5-32)23(34)31(2)20(17)18(12-28)22(30-21)37-3/h8-11,13H,4-7H2,1-3H3,(H,29,30)/t13-/m1/s1. The number of hydrogen-bond acceptors (Lipinski definition) is 9. The third-order valence-corrected chi connectivity index (χ3v) is 6.30. The number of nitrogens with zero attached hydrogens (tertiary/aromatic N) is 5. The number of morpholine rings is 1. The van der Waals surface area contributed by atoms with Crippen molar-refractivity contribution >= 4 is 28.1 Å². The highest BCUT2D eigenvalue weighted by Crippen LogP contribution is 2.37. The van der Waals surface area contributed by atoms with Crippen LogP contribution in [-0.4, -0.2) is 47.9 Å². The molecule has 3 aromatic rings. The van der Waals surface area contributed by atoms with Gasteiger partial charge in [0.15, 0.2) is 0 Å². The molecule has 2 aromatic heterocycles. The lowest BCUT2D eigenvalue weighted by molar-refractivity contribution is -0.385. The molecule has 14 heteroatoms. The molecule has 0 spiro atoms. The third-order valence-electron chi connectivity index (χ3n) is 6.30. The van der Waals surface area contributed by atoms with Gasteiger partial charge in [0, 0.05) is 37.7 Å². The van der Waals surface area contributed by atoms with Crippen LogP contribution in [0.1, 0.15) is 29.7 Å². The van der Waals surface area contributed by atoms with Gasteiger partial charge >= 0.3 is 6.18 Å². The second kappa shape index (κ2) is 10.2. The highest BCUT2D eigenvalue weighted by molar-refractivity contribution is 5.96. The number of alkyl halides is 3.